The van der Waals surface area contributed by atoms with Crippen molar-refractivity contribution in [2.75, 3.05) is 31.7 Å². The quantitative estimate of drug-likeness (QED) is 0.451. The number of hydrogen-bond acceptors (Lipinski definition) is 4. The predicted octanol–water partition coefficient (Wildman–Crippen LogP) is 5.55. The Morgan fingerprint density at radius 2 is 1.81 bits per heavy atom. The number of benzene rings is 2. The van der Waals surface area contributed by atoms with E-state index in [1.165, 1.54) is 5.56 Å². The van der Waals surface area contributed by atoms with Crippen LogP contribution in [0, 0.1) is 0 Å². The van der Waals surface area contributed by atoms with Gasteiger partial charge < -0.3 is 9.64 Å². The minimum absolute atomic E-state index is 0.744. The van der Waals surface area contributed by atoms with Gasteiger partial charge in [0, 0.05) is 42.8 Å². The zero-order valence-corrected chi connectivity index (χ0v) is 16.5. The van der Waals surface area contributed by atoms with Gasteiger partial charge in [0.25, 0.3) is 0 Å². The minimum atomic E-state index is 0.744. The van der Waals surface area contributed by atoms with Gasteiger partial charge in [0.05, 0.1) is 5.69 Å². The predicted molar refractivity (Wildman–Crippen MR) is 111 cm³/mol. The standard InChI is InChI=1S/C21H23ClN2OS/c1-25-15-5-13-24(14-12-17-6-3-2-4-7-17)21-23-20(16-26-21)18-8-10-19(22)11-9-18/h2-4,6-11,16H,5,12-15H2,1H3. The Morgan fingerprint density at radius 3 is 2.54 bits per heavy atom. The van der Waals surface area contributed by atoms with E-state index in [1.807, 2.05) is 24.3 Å². The minimum Gasteiger partial charge on any atom is -0.385 e. The lowest BCUT2D eigenvalue weighted by Gasteiger charge is -2.21. The van der Waals surface area contributed by atoms with Gasteiger partial charge >= 0.3 is 0 Å². The third kappa shape index (κ3) is 5.31. The summed E-state index contributed by atoms with van der Waals surface area (Å²) in [5.41, 5.74) is 3.44. The maximum Gasteiger partial charge on any atom is 0.185 e. The molecular formula is C21H23ClN2OS. The molecule has 1 heterocycles. The van der Waals surface area contributed by atoms with E-state index in [2.05, 4.69) is 40.6 Å². The summed E-state index contributed by atoms with van der Waals surface area (Å²) in [6.45, 7) is 2.65. The summed E-state index contributed by atoms with van der Waals surface area (Å²) < 4.78 is 5.22. The molecule has 0 aliphatic rings. The van der Waals surface area contributed by atoms with Gasteiger partial charge in [0.15, 0.2) is 5.13 Å². The van der Waals surface area contributed by atoms with Crippen LogP contribution in [-0.2, 0) is 11.2 Å². The van der Waals surface area contributed by atoms with E-state index in [-0.39, 0.29) is 0 Å². The molecule has 3 rings (SSSR count). The topological polar surface area (TPSA) is 25.4 Å². The van der Waals surface area contributed by atoms with Crippen LogP contribution < -0.4 is 4.90 Å². The van der Waals surface area contributed by atoms with Gasteiger partial charge in [-0.2, -0.15) is 0 Å². The van der Waals surface area contributed by atoms with Gasteiger partial charge in [-0.15, -0.1) is 11.3 Å². The summed E-state index contributed by atoms with van der Waals surface area (Å²) in [7, 11) is 1.75. The molecule has 3 aromatic rings. The van der Waals surface area contributed by atoms with Crippen LogP contribution >= 0.6 is 22.9 Å². The van der Waals surface area contributed by atoms with Crippen LogP contribution in [0.25, 0.3) is 11.3 Å². The Kier molecular flexibility index (Phi) is 7.06. The zero-order valence-electron chi connectivity index (χ0n) is 14.9. The molecule has 0 aliphatic heterocycles. The van der Waals surface area contributed by atoms with E-state index in [0.29, 0.717) is 0 Å². The van der Waals surface area contributed by atoms with Crippen LogP contribution in [0.5, 0.6) is 0 Å². The Hall–Kier alpha value is -1.88. The van der Waals surface area contributed by atoms with Crippen molar-refractivity contribution in [3.05, 3.63) is 70.6 Å². The number of nitrogens with zero attached hydrogens (tertiary/aromatic N) is 2. The van der Waals surface area contributed by atoms with Gasteiger partial charge in [-0.3, -0.25) is 0 Å². The van der Waals surface area contributed by atoms with Crippen molar-refractivity contribution >= 4 is 28.1 Å². The Labute approximate surface area is 164 Å². The van der Waals surface area contributed by atoms with E-state index in [0.717, 1.165) is 53.9 Å². The highest BCUT2D eigenvalue weighted by Crippen LogP contribution is 2.28. The number of ether oxygens (including phenoxy) is 1. The number of thiazole rings is 1. The van der Waals surface area contributed by atoms with Crippen LogP contribution in [0.4, 0.5) is 5.13 Å². The molecule has 2 aromatic carbocycles. The summed E-state index contributed by atoms with van der Waals surface area (Å²) in [6.07, 6.45) is 1.99. The lowest BCUT2D eigenvalue weighted by molar-refractivity contribution is 0.196. The molecule has 0 saturated heterocycles. The summed E-state index contributed by atoms with van der Waals surface area (Å²) >= 11 is 7.68. The first-order valence-corrected chi connectivity index (χ1v) is 10.0. The Bertz CT molecular complexity index is 789. The van der Waals surface area contributed by atoms with E-state index >= 15 is 0 Å². The van der Waals surface area contributed by atoms with E-state index in [4.69, 9.17) is 21.3 Å². The average Bonchev–Trinajstić information content (AvgIpc) is 3.16. The van der Waals surface area contributed by atoms with Crippen molar-refractivity contribution in [1.29, 1.82) is 0 Å². The van der Waals surface area contributed by atoms with Gasteiger partial charge in [-0.05, 0) is 30.5 Å². The molecule has 0 saturated carbocycles. The van der Waals surface area contributed by atoms with Crippen molar-refractivity contribution in [1.82, 2.24) is 4.98 Å². The number of methoxy groups -OCH3 is 1. The van der Waals surface area contributed by atoms with Gasteiger partial charge in [-0.1, -0.05) is 54.1 Å². The highest BCUT2D eigenvalue weighted by Gasteiger charge is 2.12. The third-order valence-corrected chi connectivity index (χ3v) is 5.35. The maximum atomic E-state index is 5.99. The van der Waals surface area contributed by atoms with Gasteiger partial charge in [0.2, 0.25) is 0 Å². The SMILES string of the molecule is COCCCN(CCc1ccccc1)c1nc(-c2ccc(Cl)cc2)cs1. The van der Waals surface area contributed by atoms with E-state index in [1.54, 1.807) is 18.4 Å². The molecule has 0 spiro atoms. The molecule has 0 radical (unpaired) electrons. The third-order valence-electron chi connectivity index (χ3n) is 4.19. The van der Waals surface area contributed by atoms with Crippen molar-refractivity contribution in [2.45, 2.75) is 12.8 Å². The van der Waals surface area contributed by atoms with E-state index < -0.39 is 0 Å². The highest BCUT2D eigenvalue weighted by atomic mass is 35.5. The summed E-state index contributed by atoms with van der Waals surface area (Å²) in [6, 6.07) is 18.4. The van der Waals surface area contributed by atoms with Crippen LogP contribution in [0.1, 0.15) is 12.0 Å². The smallest absolute Gasteiger partial charge is 0.185 e. The normalized spacial score (nSPS) is 10.8. The van der Waals surface area contributed by atoms with E-state index in [9.17, 15) is 0 Å². The Morgan fingerprint density at radius 1 is 1.04 bits per heavy atom. The molecule has 1 aromatic heterocycles. The molecule has 0 unspecified atom stereocenters. The number of aromatic nitrogens is 1. The second-order valence-corrected chi connectivity index (χ2v) is 7.36. The largest absolute Gasteiger partial charge is 0.385 e. The van der Waals surface area contributed by atoms with Crippen LogP contribution in [-0.4, -0.2) is 31.8 Å². The molecule has 5 heteroatoms. The van der Waals surface area contributed by atoms with Crippen LogP contribution in [0.15, 0.2) is 60.0 Å². The number of hydrogen-bond donors (Lipinski definition) is 0. The molecule has 0 atom stereocenters. The van der Waals surface area contributed by atoms with Crippen molar-refractivity contribution in [3.8, 4) is 11.3 Å². The maximum absolute atomic E-state index is 5.99. The second-order valence-electron chi connectivity index (χ2n) is 6.09. The van der Waals surface area contributed by atoms with Crippen molar-refractivity contribution in [2.24, 2.45) is 0 Å². The monoisotopic (exact) mass is 386 g/mol. The zero-order chi connectivity index (χ0) is 18.2. The first kappa shape index (κ1) is 18.9. The fraction of sp³-hybridized carbons (Fsp3) is 0.286. The lowest BCUT2D eigenvalue weighted by atomic mass is 10.1. The lowest BCUT2D eigenvalue weighted by Crippen LogP contribution is -2.27. The van der Waals surface area contributed by atoms with Crippen molar-refractivity contribution in [3.63, 3.8) is 0 Å². The Balaban J connectivity index is 1.72. The summed E-state index contributed by atoms with van der Waals surface area (Å²) in [4.78, 5) is 7.22. The molecule has 26 heavy (non-hydrogen) atoms. The second kappa shape index (κ2) is 9.72. The molecular weight excluding hydrogens is 364 g/mol. The molecule has 0 bridgehead atoms. The number of rotatable bonds is 9. The highest BCUT2D eigenvalue weighted by molar-refractivity contribution is 7.14. The van der Waals surface area contributed by atoms with Crippen LogP contribution in [0.3, 0.4) is 0 Å². The number of halogens is 1. The summed E-state index contributed by atoms with van der Waals surface area (Å²) in [5, 5.41) is 3.92. The molecule has 0 N–H and O–H groups in total. The van der Waals surface area contributed by atoms with Crippen molar-refractivity contribution < 1.29 is 4.74 Å². The first-order chi connectivity index (χ1) is 12.8. The number of anilines is 1. The molecule has 0 aliphatic carbocycles. The van der Waals surface area contributed by atoms with Gasteiger partial charge in [0.1, 0.15) is 0 Å². The average molecular weight is 387 g/mol. The molecule has 3 nitrogen and oxygen atoms in total. The molecule has 136 valence electrons. The fourth-order valence-corrected chi connectivity index (χ4v) is 3.79. The first-order valence-electron chi connectivity index (χ1n) is 8.75. The van der Waals surface area contributed by atoms with Crippen LogP contribution in [0.2, 0.25) is 5.02 Å². The van der Waals surface area contributed by atoms with Gasteiger partial charge in [-0.25, -0.2) is 4.98 Å². The summed E-state index contributed by atoms with van der Waals surface area (Å²) in [5.74, 6) is 0. The molecule has 0 fully saturated rings. The fourth-order valence-electron chi connectivity index (χ4n) is 2.77. The molecule has 0 amide bonds.